The Labute approximate surface area is 172 Å². The molecule has 2 fully saturated rings. The Bertz CT molecular complexity index is 832. The highest BCUT2D eigenvalue weighted by Crippen LogP contribution is 2.30. The van der Waals surface area contributed by atoms with Crippen molar-refractivity contribution in [2.75, 3.05) is 33.2 Å². The Kier molecular flexibility index (Phi) is 5.98. The van der Waals surface area contributed by atoms with E-state index in [0.29, 0.717) is 11.8 Å². The van der Waals surface area contributed by atoms with E-state index in [1.165, 1.54) is 0 Å². The van der Waals surface area contributed by atoms with Crippen LogP contribution < -0.4 is 0 Å². The van der Waals surface area contributed by atoms with Gasteiger partial charge in [0.1, 0.15) is 0 Å². The lowest BCUT2D eigenvalue weighted by Gasteiger charge is -2.37. The maximum atomic E-state index is 13.0. The molecule has 2 aliphatic heterocycles. The molecule has 1 aromatic heterocycles. The minimum absolute atomic E-state index is 0.195. The molecule has 1 unspecified atom stereocenters. The van der Waals surface area contributed by atoms with E-state index in [4.69, 9.17) is 16.6 Å². The van der Waals surface area contributed by atoms with Gasteiger partial charge in [-0.15, -0.1) is 0 Å². The molecule has 0 aliphatic carbocycles. The van der Waals surface area contributed by atoms with Gasteiger partial charge in [-0.05, 0) is 70.1 Å². The monoisotopic (exact) mass is 397 g/mol. The molecule has 4 nitrogen and oxygen atoms in total. The van der Waals surface area contributed by atoms with E-state index in [2.05, 4.69) is 29.0 Å². The van der Waals surface area contributed by atoms with Gasteiger partial charge in [0.15, 0.2) is 0 Å². The second-order valence-corrected chi connectivity index (χ2v) is 8.60. The van der Waals surface area contributed by atoms with Crippen LogP contribution in [0.4, 0.5) is 0 Å². The Morgan fingerprint density at radius 3 is 2.64 bits per heavy atom. The lowest BCUT2D eigenvalue weighted by molar-refractivity contribution is -0.138. The third kappa shape index (κ3) is 4.39. The summed E-state index contributed by atoms with van der Waals surface area (Å²) >= 11 is 6.15. The first-order chi connectivity index (χ1) is 13.6. The summed E-state index contributed by atoms with van der Waals surface area (Å²) in [7, 11) is 2.14. The number of halogens is 1. The first-order valence-corrected chi connectivity index (χ1v) is 10.7. The van der Waals surface area contributed by atoms with Crippen LogP contribution in [-0.2, 0) is 4.79 Å². The summed E-state index contributed by atoms with van der Waals surface area (Å²) in [4.78, 5) is 22.4. The summed E-state index contributed by atoms with van der Waals surface area (Å²) in [6, 6.07) is 14.0. The summed E-state index contributed by atoms with van der Waals surface area (Å²) in [5.74, 6) is 0.854. The number of pyridine rings is 1. The number of carbonyl (C=O) groups excluding carboxylic acids is 1. The van der Waals surface area contributed by atoms with Gasteiger partial charge in [-0.3, -0.25) is 9.78 Å². The van der Waals surface area contributed by atoms with Gasteiger partial charge in [-0.2, -0.15) is 0 Å². The average Bonchev–Trinajstić information content (AvgIpc) is 2.74. The largest absolute Gasteiger partial charge is 0.342 e. The van der Waals surface area contributed by atoms with E-state index in [9.17, 15) is 4.79 Å². The fourth-order valence-electron chi connectivity index (χ4n) is 4.42. The average molecular weight is 398 g/mol. The highest BCUT2D eigenvalue weighted by molar-refractivity contribution is 6.30. The smallest absolute Gasteiger partial charge is 0.225 e. The van der Waals surface area contributed by atoms with Crippen LogP contribution >= 0.6 is 11.6 Å². The molecule has 2 aliphatic rings. The zero-order chi connectivity index (χ0) is 19.5. The number of hydrogen-bond donors (Lipinski definition) is 0. The first-order valence-electron chi connectivity index (χ1n) is 10.3. The summed E-state index contributed by atoms with van der Waals surface area (Å²) in [6.07, 6.45) is 4.10. The molecule has 0 spiro atoms. The number of aromatic nitrogens is 1. The molecule has 28 heavy (non-hydrogen) atoms. The van der Waals surface area contributed by atoms with Gasteiger partial charge in [0, 0.05) is 41.2 Å². The Morgan fingerprint density at radius 2 is 1.86 bits per heavy atom. The lowest BCUT2D eigenvalue weighted by atomic mass is 9.90. The fraction of sp³-hybridized carbons (Fsp3) is 0.478. The second-order valence-electron chi connectivity index (χ2n) is 8.16. The molecule has 2 aromatic rings. The maximum Gasteiger partial charge on any atom is 0.225 e. The number of rotatable bonds is 3. The molecule has 1 aromatic carbocycles. The topological polar surface area (TPSA) is 36.4 Å². The van der Waals surface area contributed by atoms with Gasteiger partial charge in [-0.1, -0.05) is 29.8 Å². The molecule has 0 bridgehead atoms. The van der Waals surface area contributed by atoms with E-state index in [1.54, 1.807) is 0 Å². The van der Waals surface area contributed by atoms with Crippen molar-refractivity contribution in [1.82, 2.24) is 14.8 Å². The van der Waals surface area contributed by atoms with Crippen molar-refractivity contribution in [3.8, 4) is 11.3 Å². The molecule has 4 rings (SSSR count). The van der Waals surface area contributed by atoms with Crippen molar-refractivity contribution >= 4 is 17.5 Å². The predicted molar refractivity (Wildman–Crippen MR) is 113 cm³/mol. The number of likely N-dealkylation sites (tertiary alicyclic amines) is 2. The normalized spacial score (nSPS) is 21.6. The minimum atomic E-state index is 0.195. The Morgan fingerprint density at radius 1 is 1.07 bits per heavy atom. The van der Waals surface area contributed by atoms with Crippen LogP contribution in [0.15, 0.2) is 42.5 Å². The molecule has 5 heteroatoms. The lowest BCUT2D eigenvalue weighted by Crippen LogP contribution is -2.45. The minimum Gasteiger partial charge on any atom is -0.342 e. The third-order valence-electron chi connectivity index (χ3n) is 6.11. The summed E-state index contributed by atoms with van der Waals surface area (Å²) in [5.41, 5.74) is 3.06. The quantitative estimate of drug-likeness (QED) is 0.767. The van der Waals surface area contributed by atoms with Crippen molar-refractivity contribution in [1.29, 1.82) is 0 Å². The maximum absolute atomic E-state index is 13.0. The number of piperidine rings is 2. The van der Waals surface area contributed by atoms with Crippen LogP contribution in [0.1, 0.15) is 37.3 Å². The van der Waals surface area contributed by atoms with Crippen molar-refractivity contribution in [2.45, 2.75) is 31.6 Å². The molecular formula is C23H28ClN3O. The van der Waals surface area contributed by atoms with Crippen LogP contribution in [0.3, 0.4) is 0 Å². The highest BCUT2D eigenvalue weighted by Gasteiger charge is 2.31. The van der Waals surface area contributed by atoms with Gasteiger partial charge < -0.3 is 9.80 Å². The Hall–Kier alpha value is -1.91. The number of hydrogen-bond acceptors (Lipinski definition) is 3. The summed E-state index contributed by atoms with van der Waals surface area (Å²) in [6.45, 7) is 3.72. The van der Waals surface area contributed by atoms with Gasteiger partial charge in [-0.25, -0.2) is 0 Å². The molecule has 0 N–H and O–H groups in total. The zero-order valence-electron chi connectivity index (χ0n) is 16.5. The molecule has 0 radical (unpaired) electrons. The van der Waals surface area contributed by atoms with Gasteiger partial charge in [0.25, 0.3) is 0 Å². The molecule has 0 saturated carbocycles. The first kappa shape index (κ1) is 19.4. The molecule has 148 valence electrons. The number of amides is 1. The van der Waals surface area contributed by atoms with E-state index in [0.717, 1.165) is 73.8 Å². The third-order valence-corrected chi connectivity index (χ3v) is 6.35. The molecule has 1 atom stereocenters. The van der Waals surface area contributed by atoms with Crippen molar-refractivity contribution < 1.29 is 4.79 Å². The van der Waals surface area contributed by atoms with Crippen LogP contribution in [0, 0.1) is 5.92 Å². The molecular weight excluding hydrogens is 370 g/mol. The number of carbonyl (C=O) groups is 1. The highest BCUT2D eigenvalue weighted by atomic mass is 35.5. The van der Waals surface area contributed by atoms with E-state index in [-0.39, 0.29) is 5.92 Å². The van der Waals surface area contributed by atoms with Gasteiger partial charge in [0.05, 0.1) is 5.69 Å². The second kappa shape index (κ2) is 8.62. The predicted octanol–water partition coefficient (Wildman–Crippen LogP) is 4.45. The zero-order valence-corrected chi connectivity index (χ0v) is 17.2. The molecule has 1 amide bonds. The van der Waals surface area contributed by atoms with Crippen molar-refractivity contribution in [3.05, 3.63) is 53.2 Å². The fourth-order valence-corrected chi connectivity index (χ4v) is 4.61. The molecule has 2 saturated heterocycles. The molecule has 3 heterocycles. The standard InChI is InChI=1S/C23H28ClN3O/c1-26-13-10-17(11-14-26)23(28)27-12-4-6-19(16-27)22-9-3-8-21(25-22)18-5-2-7-20(24)15-18/h2-3,5,7-9,15,17,19H,4,6,10-14,16H2,1H3. The van der Waals surface area contributed by atoms with Crippen LogP contribution in [0.5, 0.6) is 0 Å². The van der Waals surface area contributed by atoms with E-state index >= 15 is 0 Å². The van der Waals surface area contributed by atoms with Crippen LogP contribution in [0.25, 0.3) is 11.3 Å². The number of benzene rings is 1. The van der Waals surface area contributed by atoms with E-state index in [1.807, 2.05) is 30.3 Å². The van der Waals surface area contributed by atoms with Crippen molar-refractivity contribution in [2.24, 2.45) is 5.92 Å². The SMILES string of the molecule is CN1CCC(C(=O)N2CCCC(c3cccc(-c4cccc(Cl)c4)n3)C2)CC1. The van der Waals surface area contributed by atoms with Gasteiger partial charge >= 0.3 is 0 Å². The van der Waals surface area contributed by atoms with Crippen molar-refractivity contribution in [3.63, 3.8) is 0 Å². The summed E-state index contributed by atoms with van der Waals surface area (Å²) < 4.78 is 0. The van der Waals surface area contributed by atoms with Crippen LogP contribution in [-0.4, -0.2) is 53.9 Å². The number of nitrogens with zero attached hydrogens (tertiary/aromatic N) is 3. The van der Waals surface area contributed by atoms with Crippen LogP contribution in [0.2, 0.25) is 5.02 Å². The summed E-state index contributed by atoms with van der Waals surface area (Å²) in [5, 5.41) is 0.720. The Balaban J connectivity index is 1.47. The van der Waals surface area contributed by atoms with E-state index < -0.39 is 0 Å². The van der Waals surface area contributed by atoms with Gasteiger partial charge in [0.2, 0.25) is 5.91 Å².